The molecule has 0 amide bonds. The normalized spacial score (nSPS) is 11.7. The lowest BCUT2D eigenvalue weighted by molar-refractivity contribution is 0.460. The van der Waals surface area contributed by atoms with E-state index in [1.165, 1.54) is 0 Å². The summed E-state index contributed by atoms with van der Waals surface area (Å²) < 4.78 is 1.02. The number of aromatic hydroxyl groups is 1. The van der Waals surface area contributed by atoms with E-state index < -0.39 is 0 Å². The van der Waals surface area contributed by atoms with Crippen LogP contribution in [0.2, 0.25) is 0 Å². The molecule has 0 spiro atoms. The Bertz CT molecular complexity index is 1240. The van der Waals surface area contributed by atoms with Gasteiger partial charge in [0.05, 0.1) is 32.5 Å². The van der Waals surface area contributed by atoms with Crippen molar-refractivity contribution in [2.75, 3.05) is 5.73 Å². The lowest BCUT2D eigenvalue weighted by Crippen LogP contribution is -1.93. The monoisotopic (exact) mass is 332 g/mol. The standard InChI is InChI=1S/C18H12N4OS/c19-13-7-9-3-1-2-4-10(9)16(22-13)15-14-11(21-18(15)23)5-6-12-17(14)24-8-20-12/h1-8,21,23H,(H2,19,22). The summed E-state index contributed by atoms with van der Waals surface area (Å²) in [5.74, 6) is 0.517. The first kappa shape index (κ1) is 13.3. The van der Waals surface area contributed by atoms with Gasteiger partial charge < -0.3 is 15.8 Å². The number of pyridine rings is 1. The second kappa shape index (κ2) is 4.69. The smallest absolute Gasteiger partial charge is 0.199 e. The molecule has 0 atom stereocenters. The van der Waals surface area contributed by atoms with E-state index in [1.807, 2.05) is 48.0 Å². The van der Waals surface area contributed by atoms with E-state index in [1.54, 1.807) is 11.3 Å². The van der Waals surface area contributed by atoms with Gasteiger partial charge in [-0.15, -0.1) is 11.3 Å². The summed E-state index contributed by atoms with van der Waals surface area (Å²) >= 11 is 1.55. The van der Waals surface area contributed by atoms with Crippen LogP contribution in [0.1, 0.15) is 0 Å². The summed E-state index contributed by atoms with van der Waals surface area (Å²) in [4.78, 5) is 11.9. The van der Waals surface area contributed by atoms with Crippen LogP contribution in [0, 0.1) is 0 Å². The summed E-state index contributed by atoms with van der Waals surface area (Å²) in [6.45, 7) is 0. The van der Waals surface area contributed by atoms with Crippen LogP contribution in [0.3, 0.4) is 0 Å². The second-order valence-electron chi connectivity index (χ2n) is 5.65. The first-order valence-electron chi connectivity index (χ1n) is 7.45. The number of nitrogen functional groups attached to an aromatic ring is 1. The van der Waals surface area contributed by atoms with Crippen molar-refractivity contribution in [1.29, 1.82) is 0 Å². The average molecular weight is 332 g/mol. The van der Waals surface area contributed by atoms with Crippen LogP contribution in [-0.2, 0) is 0 Å². The molecule has 6 heteroatoms. The number of aromatic amines is 1. The van der Waals surface area contributed by atoms with Crippen molar-refractivity contribution >= 4 is 49.0 Å². The fraction of sp³-hybridized carbons (Fsp3) is 0. The summed E-state index contributed by atoms with van der Waals surface area (Å²) in [5.41, 5.74) is 10.9. The summed E-state index contributed by atoms with van der Waals surface area (Å²) in [7, 11) is 0. The molecule has 5 rings (SSSR count). The molecule has 0 fully saturated rings. The highest BCUT2D eigenvalue weighted by Gasteiger charge is 2.20. The number of nitrogens with zero attached hydrogens (tertiary/aromatic N) is 2. The maximum absolute atomic E-state index is 10.6. The molecular weight excluding hydrogens is 320 g/mol. The van der Waals surface area contributed by atoms with E-state index in [-0.39, 0.29) is 5.88 Å². The maximum atomic E-state index is 10.6. The molecule has 0 unspecified atom stereocenters. The van der Waals surface area contributed by atoms with Crippen molar-refractivity contribution in [1.82, 2.24) is 15.0 Å². The van der Waals surface area contributed by atoms with E-state index in [4.69, 9.17) is 5.73 Å². The predicted molar refractivity (Wildman–Crippen MR) is 98.3 cm³/mol. The molecule has 0 aliphatic heterocycles. The van der Waals surface area contributed by atoms with Crippen molar-refractivity contribution in [3.05, 3.63) is 48.0 Å². The van der Waals surface area contributed by atoms with Crippen LogP contribution < -0.4 is 5.73 Å². The minimum atomic E-state index is 0.0918. The quantitative estimate of drug-likeness (QED) is 0.427. The van der Waals surface area contributed by atoms with E-state index >= 15 is 0 Å². The van der Waals surface area contributed by atoms with Gasteiger partial charge in [-0.3, -0.25) is 0 Å². The van der Waals surface area contributed by atoms with Crippen LogP contribution >= 0.6 is 11.3 Å². The van der Waals surface area contributed by atoms with Gasteiger partial charge in [0.25, 0.3) is 0 Å². The molecule has 5 aromatic rings. The summed E-state index contributed by atoms with van der Waals surface area (Å²) in [5, 5.41) is 13.4. The van der Waals surface area contributed by atoms with E-state index in [0.29, 0.717) is 17.1 Å². The van der Waals surface area contributed by atoms with Gasteiger partial charge in [-0.2, -0.15) is 0 Å². The lowest BCUT2D eigenvalue weighted by Gasteiger charge is -2.07. The number of nitrogens with two attached hydrogens (primary N) is 1. The molecule has 0 radical (unpaired) electrons. The zero-order valence-corrected chi connectivity index (χ0v) is 13.3. The van der Waals surface area contributed by atoms with Gasteiger partial charge in [-0.25, -0.2) is 9.97 Å². The van der Waals surface area contributed by atoms with Gasteiger partial charge in [-0.1, -0.05) is 24.3 Å². The molecule has 0 aliphatic carbocycles. The van der Waals surface area contributed by atoms with Crippen LogP contribution in [-0.4, -0.2) is 20.1 Å². The third kappa shape index (κ3) is 1.74. The number of aromatic nitrogens is 3. The Balaban J connectivity index is 2.00. The molecule has 0 aliphatic rings. The zero-order chi connectivity index (χ0) is 16.3. The molecule has 3 heterocycles. The first-order valence-corrected chi connectivity index (χ1v) is 8.33. The number of benzene rings is 2. The Kier molecular flexibility index (Phi) is 2.60. The maximum Gasteiger partial charge on any atom is 0.199 e. The molecule has 3 aromatic heterocycles. The van der Waals surface area contributed by atoms with Crippen molar-refractivity contribution in [3.63, 3.8) is 0 Å². The molecular formula is C18H12N4OS. The Morgan fingerprint density at radius 1 is 1.12 bits per heavy atom. The van der Waals surface area contributed by atoms with Gasteiger partial charge in [0.15, 0.2) is 5.88 Å². The van der Waals surface area contributed by atoms with Gasteiger partial charge in [0.2, 0.25) is 0 Å². The fourth-order valence-corrected chi connectivity index (χ4v) is 4.07. The van der Waals surface area contributed by atoms with Crippen molar-refractivity contribution < 1.29 is 5.11 Å². The highest BCUT2D eigenvalue weighted by Crippen LogP contribution is 2.43. The summed E-state index contributed by atoms with van der Waals surface area (Å²) in [6, 6.07) is 13.6. The second-order valence-corrected chi connectivity index (χ2v) is 6.51. The molecule has 0 saturated carbocycles. The third-order valence-corrected chi connectivity index (χ3v) is 5.10. The number of anilines is 1. The Morgan fingerprint density at radius 3 is 2.92 bits per heavy atom. The molecule has 2 aromatic carbocycles. The Morgan fingerprint density at radius 2 is 2.00 bits per heavy atom. The summed E-state index contributed by atoms with van der Waals surface area (Å²) in [6.07, 6.45) is 0. The molecule has 0 saturated heterocycles. The fourth-order valence-electron chi connectivity index (χ4n) is 3.23. The molecule has 0 bridgehead atoms. The number of hydrogen-bond acceptors (Lipinski definition) is 5. The van der Waals surface area contributed by atoms with Crippen molar-refractivity contribution in [2.24, 2.45) is 0 Å². The van der Waals surface area contributed by atoms with Crippen molar-refractivity contribution in [3.8, 4) is 17.1 Å². The Hall–Kier alpha value is -3.12. The zero-order valence-electron chi connectivity index (χ0n) is 12.4. The lowest BCUT2D eigenvalue weighted by atomic mass is 10.0. The highest BCUT2D eigenvalue weighted by atomic mass is 32.1. The minimum Gasteiger partial charge on any atom is -0.494 e. The number of rotatable bonds is 1. The van der Waals surface area contributed by atoms with Crippen LogP contribution in [0.15, 0.2) is 48.0 Å². The number of thiazole rings is 1. The van der Waals surface area contributed by atoms with Crippen LogP contribution in [0.25, 0.3) is 43.1 Å². The number of hydrogen-bond donors (Lipinski definition) is 3. The SMILES string of the molecule is Nc1cc2ccccc2c(-c2c(O)[nH]c3ccc4ncsc4c23)n1. The number of H-pyrrole nitrogens is 1. The van der Waals surface area contributed by atoms with E-state index in [0.717, 1.165) is 31.9 Å². The largest absolute Gasteiger partial charge is 0.494 e. The average Bonchev–Trinajstić information content (AvgIpc) is 3.16. The molecule has 5 nitrogen and oxygen atoms in total. The van der Waals surface area contributed by atoms with Crippen molar-refractivity contribution in [2.45, 2.75) is 0 Å². The highest BCUT2D eigenvalue weighted by molar-refractivity contribution is 7.17. The van der Waals surface area contributed by atoms with Crippen LogP contribution in [0.5, 0.6) is 5.88 Å². The topological polar surface area (TPSA) is 87.8 Å². The molecule has 24 heavy (non-hydrogen) atoms. The Labute approximate surface area is 140 Å². The first-order chi connectivity index (χ1) is 11.7. The minimum absolute atomic E-state index is 0.0918. The molecule has 4 N–H and O–H groups in total. The number of nitrogens with one attached hydrogen (secondary N) is 1. The predicted octanol–water partition coefficient (Wildman–Crippen LogP) is 4.28. The van der Waals surface area contributed by atoms with Gasteiger partial charge in [-0.05, 0) is 23.6 Å². The van der Waals surface area contributed by atoms with E-state index in [9.17, 15) is 5.11 Å². The van der Waals surface area contributed by atoms with Crippen LogP contribution in [0.4, 0.5) is 5.82 Å². The van der Waals surface area contributed by atoms with Gasteiger partial charge in [0.1, 0.15) is 5.82 Å². The van der Waals surface area contributed by atoms with E-state index in [2.05, 4.69) is 15.0 Å². The third-order valence-electron chi connectivity index (χ3n) is 4.24. The van der Waals surface area contributed by atoms with Gasteiger partial charge >= 0.3 is 0 Å². The molecule has 116 valence electrons. The number of fused-ring (bicyclic) bond motifs is 4. The van der Waals surface area contributed by atoms with Gasteiger partial charge in [0, 0.05) is 10.8 Å².